The van der Waals surface area contributed by atoms with E-state index in [4.69, 9.17) is 27.9 Å². The van der Waals surface area contributed by atoms with E-state index in [0.717, 1.165) is 0 Å². The van der Waals surface area contributed by atoms with Gasteiger partial charge in [-0.25, -0.2) is 9.78 Å². The van der Waals surface area contributed by atoms with Gasteiger partial charge in [0.05, 0.1) is 12.7 Å². The van der Waals surface area contributed by atoms with E-state index in [-0.39, 0.29) is 0 Å². The Morgan fingerprint density at radius 1 is 1.00 bits per heavy atom. The van der Waals surface area contributed by atoms with Gasteiger partial charge in [0.2, 0.25) is 5.95 Å². The molecule has 8 heteroatoms. The van der Waals surface area contributed by atoms with Gasteiger partial charge in [-0.1, -0.05) is 29.3 Å². The van der Waals surface area contributed by atoms with Crippen LogP contribution in [-0.2, 0) is 4.74 Å². The van der Waals surface area contributed by atoms with E-state index in [2.05, 4.69) is 20.6 Å². The molecule has 3 aromatic rings. The standard InChI is InChI=1S/C18H14Cl2N4O2/c1-26-17(25)11-3-2-4-14(7-11)23-18-21-6-5-16(24-18)22-15-9-12(19)8-13(20)10-15/h2-10H,1H3,(H2,21,22,23,24). The Morgan fingerprint density at radius 3 is 2.50 bits per heavy atom. The van der Waals surface area contributed by atoms with Crippen molar-refractivity contribution in [3.8, 4) is 0 Å². The molecule has 6 nitrogen and oxygen atoms in total. The molecule has 2 aromatic carbocycles. The highest BCUT2D eigenvalue weighted by atomic mass is 35.5. The maximum Gasteiger partial charge on any atom is 0.337 e. The van der Waals surface area contributed by atoms with Crippen molar-refractivity contribution in [2.24, 2.45) is 0 Å². The van der Waals surface area contributed by atoms with Gasteiger partial charge in [0.25, 0.3) is 0 Å². The van der Waals surface area contributed by atoms with Crippen LogP contribution in [0.4, 0.5) is 23.1 Å². The second-order valence-electron chi connectivity index (χ2n) is 5.25. The number of ether oxygens (including phenoxy) is 1. The number of hydrogen-bond donors (Lipinski definition) is 2. The highest BCUT2D eigenvalue weighted by Crippen LogP contribution is 2.25. The Hall–Kier alpha value is -2.83. The van der Waals surface area contributed by atoms with Crippen LogP contribution in [0.1, 0.15) is 10.4 Å². The number of hydrogen-bond acceptors (Lipinski definition) is 6. The zero-order valence-corrected chi connectivity index (χ0v) is 15.2. The van der Waals surface area contributed by atoms with Crippen LogP contribution in [0.3, 0.4) is 0 Å². The summed E-state index contributed by atoms with van der Waals surface area (Å²) in [6.45, 7) is 0. The van der Waals surface area contributed by atoms with Crippen molar-refractivity contribution in [1.29, 1.82) is 0 Å². The number of nitrogens with zero attached hydrogens (tertiary/aromatic N) is 2. The third-order valence-electron chi connectivity index (χ3n) is 3.33. The maximum atomic E-state index is 11.6. The molecule has 0 saturated carbocycles. The molecule has 0 unspecified atom stereocenters. The summed E-state index contributed by atoms with van der Waals surface area (Å²) in [5.74, 6) is 0.512. The first-order valence-electron chi connectivity index (χ1n) is 7.55. The van der Waals surface area contributed by atoms with Crippen LogP contribution in [0, 0.1) is 0 Å². The number of aromatic nitrogens is 2. The number of rotatable bonds is 5. The number of benzene rings is 2. The fraction of sp³-hybridized carbons (Fsp3) is 0.0556. The van der Waals surface area contributed by atoms with Crippen LogP contribution in [0.25, 0.3) is 0 Å². The van der Waals surface area contributed by atoms with Gasteiger partial charge in [0.1, 0.15) is 5.82 Å². The average Bonchev–Trinajstić information content (AvgIpc) is 2.60. The molecule has 1 heterocycles. The summed E-state index contributed by atoms with van der Waals surface area (Å²) in [4.78, 5) is 20.2. The SMILES string of the molecule is COC(=O)c1cccc(Nc2nccc(Nc3cc(Cl)cc(Cl)c3)n2)c1. The van der Waals surface area contributed by atoms with E-state index >= 15 is 0 Å². The molecule has 26 heavy (non-hydrogen) atoms. The molecule has 2 N–H and O–H groups in total. The molecule has 0 atom stereocenters. The van der Waals surface area contributed by atoms with Crippen molar-refractivity contribution < 1.29 is 9.53 Å². The Balaban J connectivity index is 1.78. The fourth-order valence-electron chi connectivity index (χ4n) is 2.23. The second-order valence-corrected chi connectivity index (χ2v) is 6.12. The van der Waals surface area contributed by atoms with Crippen molar-refractivity contribution in [3.05, 3.63) is 70.3 Å². The summed E-state index contributed by atoms with van der Waals surface area (Å²) < 4.78 is 4.72. The topological polar surface area (TPSA) is 76.1 Å². The van der Waals surface area contributed by atoms with Crippen molar-refractivity contribution in [1.82, 2.24) is 9.97 Å². The van der Waals surface area contributed by atoms with Gasteiger partial charge < -0.3 is 15.4 Å². The summed E-state index contributed by atoms with van der Waals surface area (Å²) in [5.41, 5.74) is 1.80. The molecule has 0 radical (unpaired) electrons. The minimum absolute atomic E-state index is 0.366. The van der Waals surface area contributed by atoms with Crippen LogP contribution in [-0.4, -0.2) is 23.0 Å². The van der Waals surface area contributed by atoms with E-state index < -0.39 is 5.97 Å². The predicted molar refractivity (Wildman–Crippen MR) is 103 cm³/mol. The minimum atomic E-state index is -0.414. The zero-order valence-electron chi connectivity index (χ0n) is 13.7. The maximum absolute atomic E-state index is 11.6. The molecular formula is C18H14Cl2N4O2. The van der Waals surface area contributed by atoms with Crippen molar-refractivity contribution in [2.45, 2.75) is 0 Å². The minimum Gasteiger partial charge on any atom is -0.465 e. The van der Waals surface area contributed by atoms with Crippen LogP contribution >= 0.6 is 23.2 Å². The molecule has 0 saturated heterocycles. The van der Waals surface area contributed by atoms with Gasteiger partial charge >= 0.3 is 5.97 Å². The first-order chi connectivity index (χ1) is 12.5. The number of anilines is 4. The van der Waals surface area contributed by atoms with Crippen molar-refractivity contribution >= 4 is 52.3 Å². The Kier molecular flexibility index (Phi) is 5.55. The number of carbonyl (C=O) groups is 1. The molecule has 0 amide bonds. The molecule has 0 spiro atoms. The van der Waals surface area contributed by atoms with E-state index in [1.54, 1.807) is 54.7 Å². The normalized spacial score (nSPS) is 10.3. The highest BCUT2D eigenvalue weighted by molar-refractivity contribution is 6.35. The van der Waals surface area contributed by atoms with Gasteiger partial charge in [0, 0.05) is 27.6 Å². The van der Waals surface area contributed by atoms with E-state index in [1.807, 2.05) is 0 Å². The molecule has 0 bridgehead atoms. The molecule has 132 valence electrons. The quantitative estimate of drug-likeness (QED) is 0.595. The molecule has 3 rings (SSSR count). The summed E-state index contributed by atoms with van der Waals surface area (Å²) in [6.07, 6.45) is 1.61. The number of halogens is 2. The molecule has 0 aliphatic carbocycles. The van der Waals surface area contributed by atoms with E-state index in [1.165, 1.54) is 7.11 Å². The highest BCUT2D eigenvalue weighted by Gasteiger charge is 2.07. The largest absolute Gasteiger partial charge is 0.465 e. The first kappa shape index (κ1) is 18.0. The summed E-state index contributed by atoms with van der Waals surface area (Å²) >= 11 is 12.0. The second kappa shape index (κ2) is 8.03. The van der Waals surface area contributed by atoms with Gasteiger partial charge in [-0.05, 0) is 42.5 Å². The lowest BCUT2D eigenvalue weighted by atomic mass is 10.2. The lowest BCUT2D eigenvalue weighted by Gasteiger charge is -2.09. The van der Waals surface area contributed by atoms with Gasteiger partial charge in [-0.2, -0.15) is 4.98 Å². The number of esters is 1. The number of methoxy groups -OCH3 is 1. The van der Waals surface area contributed by atoms with Crippen LogP contribution in [0.15, 0.2) is 54.7 Å². The lowest BCUT2D eigenvalue weighted by Crippen LogP contribution is -2.03. The van der Waals surface area contributed by atoms with E-state index in [0.29, 0.717) is 38.7 Å². The number of carbonyl (C=O) groups excluding carboxylic acids is 1. The monoisotopic (exact) mass is 388 g/mol. The molecule has 0 fully saturated rings. The molecule has 0 aliphatic heterocycles. The van der Waals surface area contributed by atoms with Crippen LogP contribution in [0.5, 0.6) is 0 Å². The van der Waals surface area contributed by atoms with Gasteiger partial charge in [-0.15, -0.1) is 0 Å². The molecule has 1 aromatic heterocycles. The molecular weight excluding hydrogens is 375 g/mol. The third kappa shape index (κ3) is 4.62. The third-order valence-corrected chi connectivity index (χ3v) is 3.77. The van der Waals surface area contributed by atoms with E-state index in [9.17, 15) is 4.79 Å². The molecule has 0 aliphatic rings. The summed E-state index contributed by atoms with van der Waals surface area (Å²) in [5, 5.41) is 7.21. The Bertz CT molecular complexity index is 930. The average molecular weight is 389 g/mol. The van der Waals surface area contributed by atoms with Gasteiger partial charge in [-0.3, -0.25) is 0 Å². The Labute approximate surface area is 160 Å². The Morgan fingerprint density at radius 2 is 1.77 bits per heavy atom. The first-order valence-corrected chi connectivity index (χ1v) is 8.30. The lowest BCUT2D eigenvalue weighted by molar-refractivity contribution is 0.0601. The predicted octanol–water partition coefficient (Wildman–Crippen LogP) is 5.06. The summed E-state index contributed by atoms with van der Waals surface area (Å²) in [7, 11) is 1.34. The van der Waals surface area contributed by atoms with Gasteiger partial charge in [0.15, 0.2) is 0 Å². The summed E-state index contributed by atoms with van der Waals surface area (Å²) in [6, 6.07) is 13.7. The van der Waals surface area contributed by atoms with Crippen molar-refractivity contribution in [3.63, 3.8) is 0 Å². The van der Waals surface area contributed by atoms with Crippen LogP contribution in [0.2, 0.25) is 10.0 Å². The fourth-order valence-corrected chi connectivity index (χ4v) is 2.76. The smallest absolute Gasteiger partial charge is 0.337 e. The van der Waals surface area contributed by atoms with Crippen LogP contribution < -0.4 is 10.6 Å². The number of nitrogens with one attached hydrogen (secondary N) is 2. The zero-order chi connectivity index (χ0) is 18.5. The van der Waals surface area contributed by atoms with Crippen molar-refractivity contribution in [2.75, 3.05) is 17.7 Å².